The Morgan fingerprint density at radius 1 is 0.840 bits per heavy atom. The predicted octanol–water partition coefficient (Wildman–Crippen LogP) is 4.93. The number of aryl methyl sites for hydroxylation is 2. The molecule has 0 aliphatic rings. The molecule has 0 bridgehead atoms. The number of para-hydroxylation sites is 1. The average Bonchev–Trinajstić information content (AvgIpc) is 2.93. The highest BCUT2D eigenvalue weighted by atomic mass is 28.3. The number of rotatable bonds is 2. The highest BCUT2D eigenvalue weighted by Gasteiger charge is 2.25. The molecule has 0 saturated heterocycles. The second-order valence-electron chi connectivity index (χ2n) is 7.87. The van der Waals surface area contributed by atoms with E-state index in [9.17, 15) is 0 Å². The Bertz CT molecular complexity index is 1100. The summed E-state index contributed by atoms with van der Waals surface area (Å²) in [6.45, 7) is 9.28. The third kappa shape index (κ3) is 2.50. The van der Waals surface area contributed by atoms with E-state index in [0.717, 1.165) is 11.2 Å². The van der Waals surface area contributed by atoms with E-state index in [1.54, 1.807) is 0 Å². The SMILES string of the molecule is Cc1ccc2c(oc3c([Si](C)(C)C)cccc32)c1-c1cccc[n+]1C. The lowest BCUT2D eigenvalue weighted by molar-refractivity contribution is -0.660. The molecule has 0 unspecified atom stereocenters. The van der Waals surface area contributed by atoms with Crippen molar-refractivity contribution in [2.45, 2.75) is 26.6 Å². The lowest BCUT2D eigenvalue weighted by Crippen LogP contribution is -2.37. The van der Waals surface area contributed by atoms with Gasteiger partial charge in [-0.15, -0.1) is 0 Å². The van der Waals surface area contributed by atoms with Crippen LogP contribution in [0, 0.1) is 6.92 Å². The fourth-order valence-corrected chi connectivity index (χ4v) is 5.12. The van der Waals surface area contributed by atoms with E-state index in [2.05, 4.69) is 92.9 Å². The Morgan fingerprint density at radius 2 is 1.60 bits per heavy atom. The third-order valence-electron chi connectivity index (χ3n) is 4.99. The zero-order valence-corrected chi connectivity index (χ0v) is 16.6. The van der Waals surface area contributed by atoms with Crippen LogP contribution in [0.5, 0.6) is 0 Å². The summed E-state index contributed by atoms with van der Waals surface area (Å²) in [7, 11) is 0.606. The smallest absolute Gasteiger partial charge is 0.216 e. The summed E-state index contributed by atoms with van der Waals surface area (Å²) >= 11 is 0. The summed E-state index contributed by atoms with van der Waals surface area (Å²) in [5.41, 5.74) is 5.69. The Balaban J connectivity index is 2.16. The maximum absolute atomic E-state index is 6.55. The quantitative estimate of drug-likeness (QED) is 0.371. The molecule has 3 heteroatoms. The van der Waals surface area contributed by atoms with Crippen LogP contribution >= 0.6 is 0 Å². The first-order chi connectivity index (χ1) is 11.9. The maximum atomic E-state index is 6.55. The van der Waals surface area contributed by atoms with Crippen molar-refractivity contribution in [3.05, 3.63) is 60.3 Å². The second-order valence-corrected chi connectivity index (χ2v) is 12.9. The van der Waals surface area contributed by atoms with Crippen LogP contribution in [0.1, 0.15) is 5.56 Å². The fourth-order valence-electron chi connectivity index (χ4n) is 3.65. The number of aromatic nitrogens is 1. The lowest BCUT2D eigenvalue weighted by atomic mass is 10.0. The number of pyridine rings is 1. The first-order valence-electron chi connectivity index (χ1n) is 8.78. The molecule has 0 fully saturated rings. The van der Waals surface area contributed by atoms with Gasteiger partial charge >= 0.3 is 0 Å². The van der Waals surface area contributed by atoms with Crippen molar-refractivity contribution < 1.29 is 8.98 Å². The van der Waals surface area contributed by atoms with Gasteiger partial charge in [0.15, 0.2) is 6.20 Å². The molecule has 2 aromatic heterocycles. The summed E-state index contributed by atoms with van der Waals surface area (Å²) < 4.78 is 8.71. The maximum Gasteiger partial charge on any atom is 0.216 e. The highest BCUT2D eigenvalue weighted by molar-refractivity contribution is 6.90. The molecule has 4 aromatic rings. The molecule has 2 nitrogen and oxygen atoms in total. The summed E-state index contributed by atoms with van der Waals surface area (Å²) in [6, 6.07) is 17.3. The van der Waals surface area contributed by atoms with Crippen LogP contribution in [0.15, 0.2) is 59.1 Å². The molecular weight excluding hydrogens is 322 g/mol. The van der Waals surface area contributed by atoms with Gasteiger partial charge in [0, 0.05) is 22.9 Å². The monoisotopic (exact) mass is 346 g/mol. The summed E-state index contributed by atoms with van der Waals surface area (Å²) in [5, 5.41) is 3.83. The van der Waals surface area contributed by atoms with Crippen LogP contribution in [-0.2, 0) is 7.05 Å². The van der Waals surface area contributed by atoms with Crippen molar-refractivity contribution >= 4 is 35.2 Å². The number of hydrogen-bond acceptors (Lipinski definition) is 1. The molecule has 2 aromatic carbocycles. The van der Waals surface area contributed by atoms with Gasteiger partial charge in [-0.05, 0) is 23.7 Å². The standard InChI is InChI=1S/C22H24NOSi/c1-15-12-13-17-16-9-8-11-19(25(3,4)5)21(16)24-22(17)20(15)18-10-6-7-14-23(18)2/h6-14H,1-5H3/q+1. The van der Waals surface area contributed by atoms with Crippen molar-refractivity contribution in [2.75, 3.05) is 0 Å². The topological polar surface area (TPSA) is 17.0 Å². The molecule has 0 amide bonds. The first-order valence-corrected chi connectivity index (χ1v) is 12.3. The number of fused-ring (bicyclic) bond motifs is 3. The number of hydrogen-bond donors (Lipinski definition) is 0. The second kappa shape index (κ2) is 5.56. The Hall–Kier alpha value is -2.39. The Labute approximate surface area is 149 Å². The highest BCUT2D eigenvalue weighted by Crippen LogP contribution is 2.36. The summed E-state index contributed by atoms with van der Waals surface area (Å²) in [4.78, 5) is 0. The fraction of sp³-hybridized carbons (Fsp3) is 0.227. The molecule has 0 radical (unpaired) electrons. The van der Waals surface area contributed by atoms with Crippen LogP contribution < -0.4 is 9.75 Å². The van der Waals surface area contributed by atoms with Crippen molar-refractivity contribution in [3.8, 4) is 11.3 Å². The molecule has 0 saturated carbocycles. The molecule has 0 atom stereocenters. The van der Waals surface area contributed by atoms with Crippen molar-refractivity contribution in [2.24, 2.45) is 7.05 Å². The lowest BCUT2D eigenvalue weighted by Gasteiger charge is -2.16. The van der Waals surface area contributed by atoms with E-state index >= 15 is 0 Å². The van der Waals surface area contributed by atoms with Gasteiger partial charge in [-0.25, -0.2) is 4.57 Å². The normalized spacial score (nSPS) is 12.2. The van der Waals surface area contributed by atoms with E-state index < -0.39 is 8.07 Å². The number of furan rings is 1. The summed E-state index contributed by atoms with van der Waals surface area (Å²) in [6.07, 6.45) is 2.09. The Morgan fingerprint density at radius 3 is 2.32 bits per heavy atom. The molecule has 4 rings (SSSR count). The zero-order valence-electron chi connectivity index (χ0n) is 15.6. The van der Waals surface area contributed by atoms with Crippen molar-refractivity contribution in [3.63, 3.8) is 0 Å². The van der Waals surface area contributed by atoms with E-state index in [4.69, 9.17) is 4.42 Å². The van der Waals surface area contributed by atoms with Gasteiger partial charge in [0.05, 0.1) is 13.6 Å². The minimum atomic E-state index is -1.48. The minimum absolute atomic E-state index is 1.00. The average molecular weight is 347 g/mol. The molecule has 25 heavy (non-hydrogen) atoms. The van der Waals surface area contributed by atoms with E-state index in [-0.39, 0.29) is 0 Å². The van der Waals surface area contributed by atoms with Gasteiger partial charge in [0.2, 0.25) is 5.69 Å². The molecule has 126 valence electrons. The van der Waals surface area contributed by atoms with Crippen LogP contribution in [-0.4, -0.2) is 8.07 Å². The van der Waals surface area contributed by atoms with Gasteiger partial charge in [-0.2, -0.15) is 0 Å². The van der Waals surface area contributed by atoms with E-state index in [1.807, 2.05) is 0 Å². The molecular formula is C22H24NOSi+. The van der Waals surface area contributed by atoms with Crippen molar-refractivity contribution in [1.29, 1.82) is 0 Å². The van der Waals surface area contributed by atoms with Gasteiger partial charge in [0.25, 0.3) is 0 Å². The van der Waals surface area contributed by atoms with Crippen LogP contribution in [0.3, 0.4) is 0 Å². The van der Waals surface area contributed by atoms with Crippen LogP contribution in [0.4, 0.5) is 0 Å². The number of benzene rings is 2. The van der Waals surface area contributed by atoms with Crippen LogP contribution in [0.2, 0.25) is 19.6 Å². The minimum Gasteiger partial charge on any atom is -0.455 e. The van der Waals surface area contributed by atoms with Gasteiger partial charge in [0.1, 0.15) is 18.2 Å². The first kappa shape index (κ1) is 16.1. The van der Waals surface area contributed by atoms with E-state index in [1.165, 1.54) is 32.8 Å². The van der Waals surface area contributed by atoms with Gasteiger partial charge in [-0.1, -0.05) is 50.0 Å². The molecule has 0 N–H and O–H groups in total. The third-order valence-corrected chi connectivity index (χ3v) is 7.00. The molecule has 0 aliphatic heterocycles. The van der Waals surface area contributed by atoms with Crippen LogP contribution in [0.25, 0.3) is 33.2 Å². The molecule has 2 heterocycles. The molecule has 0 spiro atoms. The van der Waals surface area contributed by atoms with Gasteiger partial charge in [-0.3, -0.25) is 0 Å². The largest absolute Gasteiger partial charge is 0.455 e. The molecule has 0 aliphatic carbocycles. The number of nitrogens with zero attached hydrogens (tertiary/aromatic N) is 1. The van der Waals surface area contributed by atoms with E-state index in [0.29, 0.717) is 0 Å². The van der Waals surface area contributed by atoms with Gasteiger partial charge < -0.3 is 4.42 Å². The van der Waals surface area contributed by atoms with Crippen molar-refractivity contribution in [1.82, 2.24) is 0 Å². The Kier molecular flexibility index (Phi) is 3.58. The zero-order chi connectivity index (χ0) is 17.8. The summed E-state index contributed by atoms with van der Waals surface area (Å²) in [5.74, 6) is 0. The predicted molar refractivity (Wildman–Crippen MR) is 108 cm³/mol.